The molecule has 0 aliphatic heterocycles. The summed E-state index contributed by atoms with van der Waals surface area (Å²) in [7, 11) is -1.69. The maximum absolute atomic E-state index is 11.6. The molecule has 100 valence electrons. The van der Waals surface area contributed by atoms with Gasteiger partial charge in [-0.25, -0.2) is 4.79 Å². The third-order valence-corrected chi connectivity index (χ3v) is 3.13. The lowest BCUT2D eigenvalue weighted by molar-refractivity contribution is 0.485. The highest BCUT2D eigenvalue weighted by molar-refractivity contribution is 6.70. The van der Waals surface area contributed by atoms with Gasteiger partial charge in [-0.2, -0.15) is 0 Å². The molecule has 0 saturated heterocycles. The van der Waals surface area contributed by atoms with E-state index in [-0.39, 0.29) is 0 Å². The second-order valence-corrected chi connectivity index (χ2v) is 9.66. The van der Waals surface area contributed by atoms with Crippen LogP contribution in [0.2, 0.25) is 19.6 Å². The second kappa shape index (κ2) is 5.32. The Kier molecular flexibility index (Phi) is 3.76. The Balaban J connectivity index is 2.37. The van der Waals surface area contributed by atoms with Gasteiger partial charge in [0.05, 0.1) is 6.26 Å². The number of hydrogen-bond acceptors (Lipinski definition) is 3. The normalized spacial score (nSPS) is 13.8. The molecule has 0 saturated carbocycles. The second-order valence-electron chi connectivity index (χ2n) is 5.20. The standard InChI is InChI=1S/C14H17NO3Si/c1-19(2,3)17-10-12-14(16)18-13(15-12)9-11-7-5-4-6-8-11/h4-10,15H,1-3H3. The SMILES string of the molecule is C[Si](C)(C)OC=c1[nH]c(=Cc2ccccc2)oc1=O. The van der Waals surface area contributed by atoms with Crippen LogP contribution in [-0.2, 0) is 4.43 Å². The lowest BCUT2D eigenvalue weighted by atomic mass is 10.2. The van der Waals surface area contributed by atoms with E-state index >= 15 is 0 Å². The highest BCUT2D eigenvalue weighted by Crippen LogP contribution is 2.01. The Bertz CT molecular complexity index is 708. The van der Waals surface area contributed by atoms with Crippen molar-refractivity contribution in [1.82, 2.24) is 4.98 Å². The molecule has 0 radical (unpaired) electrons. The van der Waals surface area contributed by atoms with Crippen LogP contribution in [0.1, 0.15) is 5.56 Å². The number of aromatic nitrogens is 1. The van der Waals surface area contributed by atoms with Gasteiger partial charge in [-0.05, 0) is 25.2 Å². The number of oxazole rings is 1. The summed E-state index contributed by atoms with van der Waals surface area (Å²) < 4.78 is 10.7. The summed E-state index contributed by atoms with van der Waals surface area (Å²) in [5.41, 5.74) is 0.965. The first kappa shape index (κ1) is 13.4. The van der Waals surface area contributed by atoms with Gasteiger partial charge in [-0.1, -0.05) is 30.3 Å². The lowest BCUT2D eigenvalue weighted by Gasteiger charge is -2.13. The van der Waals surface area contributed by atoms with Crippen LogP contribution < -0.4 is 16.5 Å². The van der Waals surface area contributed by atoms with Crippen molar-refractivity contribution in [1.29, 1.82) is 0 Å². The van der Waals surface area contributed by atoms with Crippen LogP contribution in [0.3, 0.4) is 0 Å². The van der Waals surface area contributed by atoms with Gasteiger partial charge >= 0.3 is 5.63 Å². The van der Waals surface area contributed by atoms with Gasteiger partial charge in [-0.3, -0.25) is 0 Å². The topological polar surface area (TPSA) is 55.2 Å². The fraction of sp³-hybridized carbons (Fsp3) is 0.214. The summed E-state index contributed by atoms with van der Waals surface area (Å²) in [6.45, 7) is 6.14. The fourth-order valence-electron chi connectivity index (χ4n) is 1.44. The van der Waals surface area contributed by atoms with E-state index < -0.39 is 13.9 Å². The molecule has 4 nitrogen and oxygen atoms in total. The van der Waals surface area contributed by atoms with Gasteiger partial charge in [0.15, 0.2) is 5.35 Å². The zero-order valence-electron chi connectivity index (χ0n) is 11.3. The Hall–Kier alpha value is -2.01. The van der Waals surface area contributed by atoms with E-state index in [0.29, 0.717) is 10.9 Å². The highest BCUT2D eigenvalue weighted by atomic mass is 28.4. The van der Waals surface area contributed by atoms with Crippen molar-refractivity contribution in [2.45, 2.75) is 19.6 Å². The van der Waals surface area contributed by atoms with Crippen molar-refractivity contribution in [3.8, 4) is 0 Å². The maximum Gasteiger partial charge on any atom is 0.364 e. The van der Waals surface area contributed by atoms with Gasteiger partial charge < -0.3 is 13.8 Å². The minimum absolute atomic E-state index is 0.338. The predicted molar refractivity (Wildman–Crippen MR) is 77.5 cm³/mol. The number of rotatable bonds is 3. The number of aromatic amines is 1. The van der Waals surface area contributed by atoms with E-state index in [4.69, 9.17) is 8.84 Å². The summed E-state index contributed by atoms with van der Waals surface area (Å²) in [6, 6.07) is 9.65. The Morgan fingerprint density at radius 1 is 1.21 bits per heavy atom. The van der Waals surface area contributed by atoms with E-state index in [1.54, 1.807) is 6.08 Å². The van der Waals surface area contributed by atoms with Crippen LogP contribution in [0.25, 0.3) is 12.3 Å². The van der Waals surface area contributed by atoms with Crippen LogP contribution in [0.4, 0.5) is 0 Å². The van der Waals surface area contributed by atoms with Crippen molar-refractivity contribution < 1.29 is 8.84 Å². The third-order valence-electron chi connectivity index (χ3n) is 2.31. The number of nitrogens with one attached hydrogen (secondary N) is 1. The van der Waals surface area contributed by atoms with Crippen molar-refractivity contribution >= 4 is 20.7 Å². The predicted octanol–water partition coefficient (Wildman–Crippen LogP) is 1.39. The first-order valence-corrected chi connectivity index (χ1v) is 9.49. The number of benzene rings is 1. The molecule has 1 heterocycles. The van der Waals surface area contributed by atoms with Gasteiger partial charge in [0.2, 0.25) is 13.9 Å². The van der Waals surface area contributed by atoms with Crippen molar-refractivity contribution in [2.24, 2.45) is 0 Å². The lowest BCUT2D eigenvalue weighted by Crippen LogP contribution is -2.27. The van der Waals surface area contributed by atoms with Crippen molar-refractivity contribution in [2.75, 3.05) is 0 Å². The van der Waals surface area contributed by atoms with Gasteiger partial charge in [0.1, 0.15) is 0 Å². The van der Waals surface area contributed by atoms with Crippen LogP contribution in [0, 0.1) is 0 Å². The quantitative estimate of drug-likeness (QED) is 0.861. The van der Waals surface area contributed by atoms with E-state index in [2.05, 4.69) is 4.98 Å². The van der Waals surface area contributed by atoms with Crippen molar-refractivity contribution in [3.05, 3.63) is 57.2 Å². The summed E-state index contributed by atoms with van der Waals surface area (Å²) in [5, 5.41) is 0.338. The van der Waals surface area contributed by atoms with E-state index in [9.17, 15) is 4.79 Å². The molecule has 0 spiro atoms. The number of H-pyrrole nitrogens is 1. The molecular formula is C14H17NO3Si. The molecule has 1 aromatic carbocycles. The Morgan fingerprint density at radius 2 is 1.89 bits per heavy atom. The minimum atomic E-state index is -1.69. The van der Waals surface area contributed by atoms with Crippen LogP contribution in [0.15, 0.2) is 39.5 Å². The van der Waals surface area contributed by atoms with E-state index in [1.165, 1.54) is 6.26 Å². The maximum atomic E-state index is 11.6. The number of hydrogen-bond donors (Lipinski definition) is 1. The van der Waals surface area contributed by atoms with Gasteiger partial charge in [0, 0.05) is 6.08 Å². The Labute approximate surface area is 112 Å². The molecule has 1 N–H and O–H groups in total. The zero-order valence-corrected chi connectivity index (χ0v) is 12.3. The molecule has 0 aliphatic carbocycles. The molecule has 0 fully saturated rings. The van der Waals surface area contributed by atoms with Crippen LogP contribution in [-0.4, -0.2) is 13.3 Å². The van der Waals surface area contributed by atoms with E-state index in [0.717, 1.165) is 5.56 Å². The van der Waals surface area contributed by atoms with Crippen molar-refractivity contribution in [3.63, 3.8) is 0 Å². The molecule has 0 amide bonds. The first-order chi connectivity index (χ1) is 8.94. The largest absolute Gasteiger partial charge is 0.548 e. The first-order valence-electron chi connectivity index (χ1n) is 6.08. The third kappa shape index (κ3) is 3.99. The Morgan fingerprint density at radius 3 is 2.53 bits per heavy atom. The van der Waals surface area contributed by atoms with Gasteiger partial charge in [-0.15, -0.1) is 0 Å². The zero-order chi connectivity index (χ0) is 13.9. The molecular weight excluding hydrogens is 258 g/mol. The molecule has 2 aromatic rings. The molecule has 0 atom stereocenters. The average Bonchev–Trinajstić information content (AvgIpc) is 2.67. The van der Waals surface area contributed by atoms with Crippen LogP contribution in [0.5, 0.6) is 0 Å². The minimum Gasteiger partial charge on any atom is -0.548 e. The molecule has 19 heavy (non-hydrogen) atoms. The summed E-state index contributed by atoms with van der Waals surface area (Å²) in [5.74, 6) is 0. The molecule has 5 heteroatoms. The molecule has 1 aromatic heterocycles. The molecule has 0 aliphatic rings. The monoisotopic (exact) mass is 275 g/mol. The van der Waals surface area contributed by atoms with Gasteiger partial charge in [0.25, 0.3) is 0 Å². The summed E-state index contributed by atoms with van der Waals surface area (Å²) in [6.07, 6.45) is 3.23. The van der Waals surface area contributed by atoms with E-state index in [1.807, 2.05) is 50.0 Å². The summed E-state index contributed by atoms with van der Waals surface area (Å²) in [4.78, 5) is 14.5. The fourth-order valence-corrected chi connectivity index (χ4v) is 1.91. The summed E-state index contributed by atoms with van der Waals surface area (Å²) >= 11 is 0. The smallest absolute Gasteiger partial charge is 0.364 e. The molecule has 2 rings (SSSR count). The molecule has 0 unspecified atom stereocenters. The average molecular weight is 275 g/mol. The van der Waals surface area contributed by atoms with Crippen LogP contribution >= 0.6 is 0 Å². The molecule has 0 bridgehead atoms. The highest BCUT2D eigenvalue weighted by Gasteiger charge is 2.13.